The largest absolute Gasteiger partial charge is 0.692 e. The van der Waals surface area contributed by atoms with Crippen LogP contribution >= 0.6 is 20.7 Å². The first-order valence-corrected chi connectivity index (χ1v) is 3.07. The highest BCUT2D eigenvalue weighted by molar-refractivity contribution is 7.30. The summed E-state index contributed by atoms with van der Waals surface area (Å²) in [5.41, 5.74) is 0. The predicted octanol–water partition coefficient (Wildman–Crippen LogP) is 0.725. The SMILES string of the molecule is Cl.O=[P+](O)O.c1cocn1. The molecule has 58 valence electrons. The molecule has 5 nitrogen and oxygen atoms in total. The standard InChI is InChI=1S/C3H3NO.ClH.HO3P/c1-2-5-3-4-1;;1-4(2)3/h1-3H;1H;(H-,1,2,3)/p+1. The molecule has 0 fully saturated rings. The van der Waals surface area contributed by atoms with Crippen LogP contribution in [0.1, 0.15) is 0 Å². The molecule has 0 saturated heterocycles. The fourth-order valence-corrected chi connectivity index (χ4v) is 0.176. The van der Waals surface area contributed by atoms with Crippen LogP contribution in [0.4, 0.5) is 0 Å². The summed E-state index contributed by atoms with van der Waals surface area (Å²) in [6, 6.07) is 0. The Kier molecular flexibility index (Phi) is 10.4. The first kappa shape index (κ1) is 12.2. The average molecular weight is 187 g/mol. The van der Waals surface area contributed by atoms with E-state index < -0.39 is 8.25 Å². The fraction of sp³-hybridized carbons (Fsp3) is 0. The van der Waals surface area contributed by atoms with Gasteiger partial charge in [0.05, 0.1) is 6.20 Å². The van der Waals surface area contributed by atoms with Crippen molar-refractivity contribution in [2.45, 2.75) is 0 Å². The highest BCUT2D eigenvalue weighted by Crippen LogP contribution is 1.98. The molecule has 1 rings (SSSR count). The second-order valence-corrected chi connectivity index (χ2v) is 1.43. The summed E-state index contributed by atoms with van der Waals surface area (Å²) >= 11 is 0. The highest BCUT2D eigenvalue weighted by Gasteiger charge is 1.93. The van der Waals surface area contributed by atoms with Gasteiger partial charge in [0.1, 0.15) is 6.26 Å². The van der Waals surface area contributed by atoms with Gasteiger partial charge >= 0.3 is 8.25 Å². The molecule has 0 amide bonds. The molecule has 0 aliphatic carbocycles. The molecule has 0 saturated carbocycles. The van der Waals surface area contributed by atoms with E-state index in [-0.39, 0.29) is 12.4 Å². The van der Waals surface area contributed by atoms with Crippen LogP contribution in [-0.2, 0) is 4.57 Å². The van der Waals surface area contributed by atoms with Crippen LogP contribution in [0, 0.1) is 0 Å². The van der Waals surface area contributed by atoms with Crippen molar-refractivity contribution in [1.82, 2.24) is 4.98 Å². The maximum Gasteiger partial charge on any atom is 0.692 e. The lowest BCUT2D eigenvalue weighted by Gasteiger charge is -1.47. The highest BCUT2D eigenvalue weighted by atomic mass is 35.5. The van der Waals surface area contributed by atoms with Crippen LogP contribution in [0.25, 0.3) is 0 Å². The van der Waals surface area contributed by atoms with Crippen molar-refractivity contribution >= 4 is 20.7 Å². The summed E-state index contributed by atoms with van der Waals surface area (Å²) in [5, 5.41) is 0. The summed E-state index contributed by atoms with van der Waals surface area (Å²) in [5.74, 6) is 0. The third-order valence-corrected chi connectivity index (χ3v) is 0.347. The summed E-state index contributed by atoms with van der Waals surface area (Å²) < 4.78 is 13.2. The molecule has 0 radical (unpaired) electrons. The van der Waals surface area contributed by atoms with Crippen molar-refractivity contribution in [1.29, 1.82) is 0 Å². The Labute approximate surface area is 64.1 Å². The lowest BCUT2D eigenvalue weighted by atomic mass is 11.0. The lowest BCUT2D eigenvalue weighted by Crippen LogP contribution is -1.38. The molecule has 0 aliphatic rings. The third-order valence-electron chi connectivity index (χ3n) is 0.347. The van der Waals surface area contributed by atoms with Gasteiger partial charge in [-0.3, -0.25) is 0 Å². The number of aromatic nitrogens is 1. The normalized spacial score (nSPS) is 6.60. The van der Waals surface area contributed by atoms with Crippen LogP contribution in [0.2, 0.25) is 0 Å². The smallest absolute Gasteiger partial charge is 0.452 e. The molecule has 0 unspecified atom stereocenters. The molecular formula is C3H6ClNO4P+. The molecule has 0 spiro atoms. The third kappa shape index (κ3) is 15.6. The van der Waals surface area contributed by atoms with E-state index in [1.54, 1.807) is 6.20 Å². The van der Waals surface area contributed by atoms with Gasteiger partial charge in [0, 0.05) is 4.57 Å². The average Bonchev–Trinajstić information content (AvgIpc) is 2.11. The second kappa shape index (κ2) is 8.52. The lowest BCUT2D eigenvalue weighted by molar-refractivity contribution is 0.405. The Morgan fingerprint density at radius 2 is 2.00 bits per heavy atom. The van der Waals surface area contributed by atoms with E-state index in [0.29, 0.717) is 0 Å². The molecule has 0 bridgehead atoms. The summed E-state index contributed by atoms with van der Waals surface area (Å²) in [4.78, 5) is 17.8. The molecule has 7 heteroatoms. The number of halogens is 1. The molecular weight excluding hydrogens is 180 g/mol. The summed E-state index contributed by atoms with van der Waals surface area (Å²) in [6.07, 6.45) is 4.47. The quantitative estimate of drug-likeness (QED) is 0.584. The topological polar surface area (TPSA) is 83.6 Å². The van der Waals surface area contributed by atoms with E-state index in [1.165, 1.54) is 12.7 Å². The van der Waals surface area contributed by atoms with Gasteiger partial charge in [-0.25, -0.2) is 4.98 Å². The van der Waals surface area contributed by atoms with Gasteiger partial charge in [-0.15, -0.1) is 22.2 Å². The maximum absolute atomic E-state index is 8.70. The molecule has 0 atom stereocenters. The van der Waals surface area contributed by atoms with Gasteiger partial charge in [0.15, 0.2) is 6.39 Å². The van der Waals surface area contributed by atoms with E-state index in [0.717, 1.165) is 0 Å². The zero-order chi connectivity index (χ0) is 7.11. The molecule has 10 heavy (non-hydrogen) atoms. The minimum Gasteiger partial charge on any atom is -0.452 e. The number of oxazole rings is 1. The number of hydrogen-bond acceptors (Lipinski definition) is 3. The Balaban J connectivity index is 0. The van der Waals surface area contributed by atoms with Crippen molar-refractivity contribution < 1.29 is 18.8 Å². The van der Waals surface area contributed by atoms with Crippen molar-refractivity contribution in [2.75, 3.05) is 0 Å². The van der Waals surface area contributed by atoms with Crippen LogP contribution in [0.3, 0.4) is 0 Å². The number of rotatable bonds is 0. The minimum absolute atomic E-state index is 0. The molecule has 0 aliphatic heterocycles. The summed E-state index contributed by atoms with van der Waals surface area (Å²) in [7, 11) is -2.87. The Morgan fingerprint density at radius 1 is 1.50 bits per heavy atom. The van der Waals surface area contributed by atoms with Crippen LogP contribution < -0.4 is 0 Å². The Hall–Kier alpha value is -0.480. The van der Waals surface area contributed by atoms with Crippen molar-refractivity contribution in [2.24, 2.45) is 0 Å². The van der Waals surface area contributed by atoms with Crippen molar-refractivity contribution in [3.63, 3.8) is 0 Å². The van der Waals surface area contributed by atoms with Gasteiger partial charge in [0.2, 0.25) is 0 Å². The first-order valence-electron chi connectivity index (χ1n) is 1.90. The second-order valence-electron chi connectivity index (χ2n) is 0.928. The van der Waals surface area contributed by atoms with Crippen LogP contribution in [0.15, 0.2) is 23.3 Å². The van der Waals surface area contributed by atoms with Crippen LogP contribution in [0.5, 0.6) is 0 Å². The molecule has 2 N–H and O–H groups in total. The minimum atomic E-state index is -2.87. The first-order chi connectivity index (χ1) is 4.23. The van der Waals surface area contributed by atoms with E-state index in [2.05, 4.69) is 9.40 Å². The number of hydrogen-bond donors (Lipinski definition) is 2. The van der Waals surface area contributed by atoms with Gasteiger partial charge in [-0.05, 0) is 0 Å². The van der Waals surface area contributed by atoms with E-state index in [1.807, 2.05) is 0 Å². The Bertz CT molecular complexity index is 134. The van der Waals surface area contributed by atoms with Crippen molar-refractivity contribution in [3.05, 3.63) is 18.9 Å². The molecule has 1 heterocycles. The van der Waals surface area contributed by atoms with Gasteiger partial charge in [-0.1, -0.05) is 0 Å². The monoisotopic (exact) mass is 186 g/mol. The zero-order valence-corrected chi connectivity index (χ0v) is 6.46. The van der Waals surface area contributed by atoms with Crippen LogP contribution in [-0.4, -0.2) is 14.8 Å². The van der Waals surface area contributed by atoms with Gasteiger partial charge in [0.25, 0.3) is 0 Å². The fourth-order valence-electron chi connectivity index (χ4n) is 0.176. The predicted molar refractivity (Wildman–Crippen MR) is 35.8 cm³/mol. The summed E-state index contributed by atoms with van der Waals surface area (Å²) in [6.45, 7) is 0. The molecule has 1 aromatic heterocycles. The van der Waals surface area contributed by atoms with E-state index in [9.17, 15) is 0 Å². The van der Waals surface area contributed by atoms with E-state index >= 15 is 0 Å². The molecule has 0 aromatic carbocycles. The van der Waals surface area contributed by atoms with Gasteiger partial charge in [-0.2, -0.15) is 0 Å². The zero-order valence-electron chi connectivity index (χ0n) is 4.75. The van der Waals surface area contributed by atoms with Gasteiger partial charge < -0.3 is 4.42 Å². The molecule has 1 aromatic rings. The van der Waals surface area contributed by atoms with E-state index in [4.69, 9.17) is 14.4 Å². The van der Waals surface area contributed by atoms with Crippen molar-refractivity contribution in [3.8, 4) is 0 Å². The number of nitrogens with zero attached hydrogens (tertiary/aromatic N) is 1. The Morgan fingerprint density at radius 3 is 2.10 bits per heavy atom. The maximum atomic E-state index is 8.70.